The van der Waals surface area contributed by atoms with Gasteiger partial charge in [0.05, 0.1) is 9.79 Å². The van der Waals surface area contributed by atoms with E-state index in [1.807, 2.05) is 0 Å². The molecule has 0 heterocycles. The molecule has 0 aromatic heterocycles. The quantitative estimate of drug-likeness (QED) is 0.169. The van der Waals surface area contributed by atoms with E-state index in [1.165, 1.54) is 72.8 Å². The van der Waals surface area contributed by atoms with E-state index in [0.29, 0.717) is 9.79 Å². The van der Waals surface area contributed by atoms with Crippen molar-refractivity contribution in [2.45, 2.75) is 29.4 Å². The molecule has 0 fully saturated rings. The van der Waals surface area contributed by atoms with Crippen molar-refractivity contribution in [3.63, 3.8) is 0 Å². The van der Waals surface area contributed by atoms with Gasteiger partial charge in [-0.25, -0.2) is 43.9 Å². The van der Waals surface area contributed by atoms with Crippen LogP contribution in [0.5, 0.6) is 0 Å². The summed E-state index contributed by atoms with van der Waals surface area (Å²) in [5.41, 5.74) is 0.212. The molecule has 0 aliphatic heterocycles. The van der Waals surface area contributed by atoms with E-state index in [4.69, 9.17) is 10.3 Å². The molecule has 0 saturated carbocycles. The van der Waals surface area contributed by atoms with Crippen LogP contribution < -0.4 is 19.7 Å². The second-order valence-corrected chi connectivity index (χ2v) is 17.0. The second-order valence-electron chi connectivity index (χ2n) is 8.41. The number of benzene rings is 4. The SMILES string of the molecule is NS(=O)(=O)c1ccc(NS(=O)(=O)c2ccccc2SSc2ccccc2S(=O)(=O)Nc2ccc(S(N)(=O)=O)cc2)cc1. The van der Waals surface area contributed by atoms with E-state index < -0.39 is 40.1 Å². The molecule has 0 aliphatic rings. The van der Waals surface area contributed by atoms with Crippen LogP contribution >= 0.6 is 21.6 Å². The third-order valence-electron chi connectivity index (χ3n) is 5.37. The van der Waals surface area contributed by atoms with E-state index in [-0.39, 0.29) is 31.0 Å². The van der Waals surface area contributed by atoms with Gasteiger partial charge in [0.25, 0.3) is 20.0 Å². The van der Waals surface area contributed by atoms with E-state index in [9.17, 15) is 33.7 Å². The molecule has 0 unspecified atom stereocenters. The van der Waals surface area contributed by atoms with Gasteiger partial charge in [-0.2, -0.15) is 0 Å². The Balaban J connectivity index is 1.55. The molecule has 0 atom stereocenters. The lowest BCUT2D eigenvalue weighted by Gasteiger charge is -2.14. The average Bonchev–Trinajstić information content (AvgIpc) is 2.91. The van der Waals surface area contributed by atoms with Crippen LogP contribution in [0.1, 0.15) is 0 Å². The summed E-state index contributed by atoms with van der Waals surface area (Å²) >= 11 is 0. The molecule has 222 valence electrons. The summed E-state index contributed by atoms with van der Waals surface area (Å²) in [6.45, 7) is 0. The van der Waals surface area contributed by atoms with Crippen molar-refractivity contribution in [2.75, 3.05) is 9.44 Å². The standard InChI is InChI=1S/C24H22N4O8S6/c25-39(29,30)19-13-9-17(10-14-19)27-41(33,34)23-7-3-1-5-21(23)37-38-22-6-2-4-8-24(22)42(35,36)28-18-11-15-20(16-12-18)40(26,31)32/h1-16,27-28H,(H2,25,29,30)(H2,26,31,32). The van der Waals surface area contributed by atoms with Gasteiger partial charge < -0.3 is 0 Å². The number of anilines is 2. The second kappa shape index (κ2) is 12.3. The van der Waals surface area contributed by atoms with Crippen molar-refractivity contribution in [1.82, 2.24) is 0 Å². The molecule has 4 rings (SSSR count). The van der Waals surface area contributed by atoms with Gasteiger partial charge in [0.2, 0.25) is 20.0 Å². The predicted octanol–water partition coefficient (Wildman–Crippen LogP) is 3.38. The third-order valence-corrected chi connectivity index (χ3v) is 12.8. The fourth-order valence-corrected chi connectivity index (χ4v) is 10.1. The number of primary sulfonamides is 2. The molecule has 0 bridgehead atoms. The maximum atomic E-state index is 13.2. The van der Waals surface area contributed by atoms with E-state index in [1.54, 1.807) is 24.3 Å². The number of nitrogens with one attached hydrogen (secondary N) is 2. The van der Waals surface area contributed by atoms with Crippen molar-refractivity contribution in [2.24, 2.45) is 10.3 Å². The fourth-order valence-electron chi connectivity index (χ4n) is 3.42. The maximum Gasteiger partial charge on any atom is 0.263 e. The molecule has 4 aromatic rings. The van der Waals surface area contributed by atoms with Gasteiger partial charge in [-0.05, 0) is 72.8 Å². The summed E-state index contributed by atoms with van der Waals surface area (Å²) < 4.78 is 103. The molecule has 42 heavy (non-hydrogen) atoms. The van der Waals surface area contributed by atoms with Crippen LogP contribution in [-0.2, 0) is 40.1 Å². The lowest BCUT2D eigenvalue weighted by Crippen LogP contribution is -2.15. The van der Waals surface area contributed by atoms with Crippen LogP contribution in [0.3, 0.4) is 0 Å². The average molecular weight is 687 g/mol. The van der Waals surface area contributed by atoms with Crippen LogP contribution in [0.2, 0.25) is 0 Å². The van der Waals surface area contributed by atoms with Gasteiger partial charge in [-0.1, -0.05) is 45.9 Å². The molecular weight excluding hydrogens is 665 g/mol. The molecule has 18 heteroatoms. The van der Waals surface area contributed by atoms with Crippen molar-refractivity contribution in [3.8, 4) is 0 Å². The Labute approximate surface area is 251 Å². The summed E-state index contributed by atoms with van der Waals surface area (Å²) in [5, 5.41) is 10.2. The first-order chi connectivity index (χ1) is 19.6. The zero-order chi connectivity index (χ0) is 30.8. The Morgan fingerprint density at radius 3 is 1.07 bits per heavy atom. The normalized spacial score (nSPS) is 12.5. The summed E-state index contributed by atoms with van der Waals surface area (Å²) in [6.07, 6.45) is 0. The van der Waals surface area contributed by atoms with Crippen LogP contribution in [0.4, 0.5) is 11.4 Å². The van der Waals surface area contributed by atoms with E-state index in [2.05, 4.69) is 9.44 Å². The smallest absolute Gasteiger partial charge is 0.263 e. The highest BCUT2D eigenvalue weighted by Crippen LogP contribution is 2.43. The minimum absolute atomic E-state index is 0.0913. The van der Waals surface area contributed by atoms with Crippen LogP contribution in [0.25, 0.3) is 0 Å². The van der Waals surface area contributed by atoms with Crippen molar-refractivity contribution in [1.29, 1.82) is 0 Å². The highest BCUT2D eigenvalue weighted by Gasteiger charge is 2.23. The molecule has 0 aliphatic carbocycles. The summed E-state index contributed by atoms with van der Waals surface area (Å²) in [6, 6.07) is 21.9. The van der Waals surface area contributed by atoms with Crippen LogP contribution in [-0.4, -0.2) is 33.7 Å². The van der Waals surface area contributed by atoms with Gasteiger partial charge in [0, 0.05) is 21.2 Å². The minimum Gasteiger partial charge on any atom is -0.280 e. The van der Waals surface area contributed by atoms with Gasteiger partial charge >= 0.3 is 0 Å². The molecule has 0 amide bonds. The zero-order valence-electron chi connectivity index (χ0n) is 21.1. The summed E-state index contributed by atoms with van der Waals surface area (Å²) in [4.78, 5) is 0.0607. The van der Waals surface area contributed by atoms with Gasteiger partial charge in [0.15, 0.2) is 0 Å². The van der Waals surface area contributed by atoms with Crippen molar-refractivity contribution in [3.05, 3.63) is 97.1 Å². The Bertz CT molecular complexity index is 1900. The number of nitrogens with two attached hydrogens (primary N) is 2. The number of sulfonamides is 4. The Hall–Kier alpha value is -3.10. The van der Waals surface area contributed by atoms with Gasteiger partial charge in [0.1, 0.15) is 9.79 Å². The zero-order valence-corrected chi connectivity index (χ0v) is 26.0. The first kappa shape index (κ1) is 31.8. The monoisotopic (exact) mass is 686 g/mol. The maximum absolute atomic E-state index is 13.2. The highest BCUT2D eigenvalue weighted by molar-refractivity contribution is 8.76. The lowest BCUT2D eigenvalue weighted by molar-refractivity contribution is 0.596. The molecule has 0 radical (unpaired) electrons. The third kappa shape index (κ3) is 7.84. The van der Waals surface area contributed by atoms with Crippen LogP contribution in [0.15, 0.2) is 126 Å². The van der Waals surface area contributed by atoms with E-state index >= 15 is 0 Å². The molecule has 0 saturated heterocycles. The topological polar surface area (TPSA) is 213 Å². The lowest BCUT2D eigenvalue weighted by atomic mass is 10.3. The summed E-state index contributed by atoms with van der Waals surface area (Å²) in [7, 11) is -14.2. The molecular formula is C24H22N4O8S6. The molecule has 4 aromatic carbocycles. The predicted molar refractivity (Wildman–Crippen MR) is 162 cm³/mol. The Kier molecular flexibility index (Phi) is 9.28. The first-order valence-electron chi connectivity index (χ1n) is 11.4. The van der Waals surface area contributed by atoms with Crippen molar-refractivity contribution < 1.29 is 33.7 Å². The molecule has 6 N–H and O–H groups in total. The number of rotatable bonds is 11. The van der Waals surface area contributed by atoms with Gasteiger partial charge in [-0.15, -0.1) is 0 Å². The number of hydrogen-bond donors (Lipinski definition) is 4. The van der Waals surface area contributed by atoms with E-state index in [0.717, 1.165) is 21.6 Å². The Morgan fingerprint density at radius 1 is 0.452 bits per heavy atom. The number of hydrogen-bond acceptors (Lipinski definition) is 10. The van der Waals surface area contributed by atoms with Crippen molar-refractivity contribution >= 4 is 73.1 Å². The molecule has 12 nitrogen and oxygen atoms in total. The summed E-state index contributed by atoms with van der Waals surface area (Å²) in [5.74, 6) is 0. The fraction of sp³-hybridized carbons (Fsp3) is 0. The minimum atomic E-state index is -4.14. The van der Waals surface area contributed by atoms with Crippen LogP contribution in [0, 0.1) is 0 Å². The highest BCUT2D eigenvalue weighted by atomic mass is 33.1. The van der Waals surface area contributed by atoms with Gasteiger partial charge in [-0.3, -0.25) is 9.44 Å². The largest absolute Gasteiger partial charge is 0.280 e. The molecule has 0 spiro atoms. The first-order valence-corrected chi connectivity index (χ1v) is 19.6. The Morgan fingerprint density at radius 2 is 0.762 bits per heavy atom.